The molecule has 0 saturated carbocycles. The van der Waals surface area contributed by atoms with E-state index >= 15 is 0 Å². The van der Waals surface area contributed by atoms with Crippen molar-refractivity contribution in [1.29, 1.82) is 0 Å². The molecule has 0 aliphatic rings. The molecule has 0 saturated heterocycles. The second-order valence-electron chi connectivity index (χ2n) is 6.19. The van der Waals surface area contributed by atoms with Crippen molar-refractivity contribution < 1.29 is 13.2 Å². The summed E-state index contributed by atoms with van der Waals surface area (Å²) < 4.78 is 30.7. The van der Waals surface area contributed by atoms with E-state index in [9.17, 15) is 8.42 Å². The summed E-state index contributed by atoms with van der Waals surface area (Å²) in [6, 6.07) is 3.28. The number of aromatic nitrogens is 4. The zero-order chi connectivity index (χ0) is 18.0. The molecular formula is C14H21ClN4O3S2. The van der Waals surface area contributed by atoms with E-state index in [1.54, 1.807) is 12.1 Å². The van der Waals surface area contributed by atoms with Gasteiger partial charge in [0, 0.05) is 23.8 Å². The first-order chi connectivity index (χ1) is 11.1. The van der Waals surface area contributed by atoms with Gasteiger partial charge in [0.1, 0.15) is 11.9 Å². The number of ether oxygens (including phenoxy) is 1. The van der Waals surface area contributed by atoms with E-state index in [1.165, 1.54) is 10.9 Å². The van der Waals surface area contributed by atoms with Crippen LogP contribution in [0.3, 0.4) is 0 Å². The number of pyridine rings is 1. The molecule has 7 nitrogen and oxygen atoms in total. The van der Waals surface area contributed by atoms with Crippen LogP contribution >= 0.6 is 21.6 Å². The Hall–Kier alpha value is -1.16. The van der Waals surface area contributed by atoms with Crippen molar-refractivity contribution in [3.05, 3.63) is 23.5 Å². The van der Waals surface area contributed by atoms with Gasteiger partial charge in [0.15, 0.2) is 5.82 Å². The largest absolute Gasteiger partial charge is 0.358 e. The third kappa shape index (κ3) is 5.44. The Morgan fingerprint density at radius 3 is 2.46 bits per heavy atom. The standard InChI is InChI=1S/C14H21ClN4O3S2/c1-23(2,3)8-7-22-10-19-14(24(4,20)21)17-13(18-19)11-5-6-12(15)16-9-11/h5-6,9H,7-8,10H2,1-4H3. The minimum atomic E-state index is -3.53. The van der Waals surface area contributed by atoms with Gasteiger partial charge in [0.2, 0.25) is 15.0 Å². The molecule has 0 N–H and O–H groups in total. The first-order valence-electron chi connectivity index (χ1n) is 7.07. The van der Waals surface area contributed by atoms with Crippen LogP contribution in [0.2, 0.25) is 5.15 Å². The third-order valence-electron chi connectivity index (χ3n) is 3.01. The lowest BCUT2D eigenvalue weighted by molar-refractivity contribution is 0.0738. The van der Waals surface area contributed by atoms with E-state index in [0.717, 1.165) is 12.0 Å². The summed E-state index contributed by atoms with van der Waals surface area (Å²) in [6.07, 6.45) is 9.17. The number of hydrogen-bond donors (Lipinski definition) is 0. The van der Waals surface area contributed by atoms with Crippen LogP contribution in [0.1, 0.15) is 0 Å². The van der Waals surface area contributed by atoms with E-state index in [1.807, 2.05) is 0 Å². The van der Waals surface area contributed by atoms with E-state index in [-0.39, 0.29) is 17.7 Å². The van der Waals surface area contributed by atoms with Crippen LogP contribution in [0.25, 0.3) is 11.4 Å². The fraction of sp³-hybridized carbons (Fsp3) is 0.500. The summed E-state index contributed by atoms with van der Waals surface area (Å²) in [5, 5.41) is 4.45. The molecule has 0 atom stereocenters. The predicted octanol–water partition coefficient (Wildman–Crippen LogP) is 2.07. The normalized spacial score (nSPS) is 13.2. The number of halogens is 1. The van der Waals surface area contributed by atoms with Crippen LogP contribution in [0.5, 0.6) is 0 Å². The number of sulfone groups is 1. The Labute approximate surface area is 148 Å². The minimum Gasteiger partial charge on any atom is -0.358 e. The maximum Gasteiger partial charge on any atom is 0.248 e. The average molecular weight is 393 g/mol. The zero-order valence-corrected chi connectivity index (χ0v) is 16.5. The summed E-state index contributed by atoms with van der Waals surface area (Å²) in [5.74, 6) is 1.20. The number of nitrogens with zero attached hydrogens (tertiary/aromatic N) is 4. The van der Waals surface area contributed by atoms with Crippen LogP contribution in [0.4, 0.5) is 0 Å². The summed E-state index contributed by atoms with van der Waals surface area (Å²) in [7, 11) is -4.19. The molecule has 10 heteroatoms. The summed E-state index contributed by atoms with van der Waals surface area (Å²) in [6.45, 7) is 0.575. The Kier molecular flexibility index (Phi) is 5.90. The van der Waals surface area contributed by atoms with E-state index in [0.29, 0.717) is 17.3 Å². The molecule has 0 aromatic carbocycles. The van der Waals surface area contributed by atoms with Gasteiger partial charge in [-0.15, -0.1) is 5.10 Å². The van der Waals surface area contributed by atoms with Gasteiger partial charge in [-0.25, -0.2) is 28.1 Å². The molecule has 2 heterocycles. The van der Waals surface area contributed by atoms with Crippen molar-refractivity contribution in [2.75, 3.05) is 37.4 Å². The Morgan fingerprint density at radius 1 is 1.21 bits per heavy atom. The third-order valence-corrected chi connectivity index (χ3v) is 5.59. The first kappa shape index (κ1) is 19.2. The van der Waals surface area contributed by atoms with Gasteiger partial charge in [-0.2, -0.15) is 4.98 Å². The summed E-state index contributed by atoms with van der Waals surface area (Å²) in [5.41, 5.74) is 0.585. The van der Waals surface area contributed by atoms with Crippen molar-refractivity contribution in [2.45, 2.75) is 11.9 Å². The number of hydrogen-bond acceptors (Lipinski definition) is 6. The zero-order valence-electron chi connectivity index (χ0n) is 14.1. The van der Waals surface area contributed by atoms with Crippen LogP contribution < -0.4 is 0 Å². The fourth-order valence-corrected chi connectivity index (χ4v) is 3.23. The SMILES string of the molecule is CS(C)(C)CCOCn1nc(-c2ccc(Cl)nc2)nc1S(C)(=O)=O. The molecule has 0 aliphatic heterocycles. The van der Waals surface area contributed by atoms with E-state index < -0.39 is 19.9 Å². The van der Waals surface area contributed by atoms with Crippen molar-refractivity contribution in [3.8, 4) is 11.4 Å². The molecule has 134 valence electrons. The average Bonchev–Trinajstić information content (AvgIpc) is 2.88. The van der Waals surface area contributed by atoms with E-state index in [4.69, 9.17) is 16.3 Å². The molecule has 2 aromatic rings. The smallest absolute Gasteiger partial charge is 0.248 e. The van der Waals surface area contributed by atoms with Crippen molar-refractivity contribution in [2.24, 2.45) is 0 Å². The van der Waals surface area contributed by atoms with Crippen LogP contribution in [0, 0.1) is 0 Å². The van der Waals surface area contributed by atoms with Crippen molar-refractivity contribution >= 4 is 31.5 Å². The lowest BCUT2D eigenvalue weighted by Gasteiger charge is -2.24. The molecular weight excluding hydrogens is 372 g/mol. The Bertz CT molecular complexity index is 798. The Morgan fingerprint density at radius 2 is 1.92 bits per heavy atom. The molecule has 0 spiro atoms. The number of rotatable bonds is 7. The van der Waals surface area contributed by atoms with Gasteiger partial charge in [-0.05, 0) is 30.9 Å². The molecule has 0 aliphatic carbocycles. The van der Waals surface area contributed by atoms with Crippen LogP contribution in [-0.4, -0.2) is 65.5 Å². The lowest BCUT2D eigenvalue weighted by Crippen LogP contribution is -2.15. The van der Waals surface area contributed by atoms with Gasteiger partial charge in [0.05, 0.1) is 6.61 Å². The molecule has 2 aromatic heterocycles. The molecule has 24 heavy (non-hydrogen) atoms. The molecule has 0 unspecified atom stereocenters. The summed E-state index contributed by atoms with van der Waals surface area (Å²) in [4.78, 5) is 8.07. The van der Waals surface area contributed by atoms with Crippen molar-refractivity contribution in [1.82, 2.24) is 19.7 Å². The predicted molar refractivity (Wildman–Crippen MR) is 97.6 cm³/mol. The topological polar surface area (TPSA) is 87.0 Å². The quantitative estimate of drug-likeness (QED) is 0.529. The van der Waals surface area contributed by atoms with Crippen LogP contribution in [0.15, 0.2) is 23.5 Å². The molecule has 0 amide bonds. The highest BCUT2D eigenvalue weighted by Crippen LogP contribution is 2.33. The van der Waals surface area contributed by atoms with Gasteiger partial charge in [-0.3, -0.25) is 0 Å². The first-order valence-corrected chi connectivity index (χ1v) is 12.4. The highest BCUT2D eigenvalue weighted by Gasteiger charge is 2.20. The molecule has 0 bridgehead atoms. The minimum absolute atomic E-state index is 0.0337. The maximum absolute atomic E-state index is 11.9. The highest BCUT2D eigenvalue weighted by molar-refractivity contribution is 8.32. The van der Waals surface area contributed by atoms with Gasteiger partial charge < -0.3 is 4.74 Å². The fourth-order valence-electron chi connectivity index (χ4n) is 1.78. The maximum atomic E-state index is 11.9. The molecule has 0 fully saturated rings. The van der Waals surface area contributed by atoms with Crippen LogP contribution in [-0.2, 0) is 21.3 Å². The monoisotopic (exact) mass is 392 g/mol. The van der Waals surface area contributed by atoms with Crippen molar-refractivity contribution in [3.63, 3.8) is 0 Å². The second kappa shape index (κ2) is 7.38. The molecule has 2 rings (SSSR count). The molecule has 0 radical (unpaired) electrons. The lowest BCUT2D eigenvalue weighted by atomic mass is 10.3. The highest BCUT2D eigenvalue weighted by atomic mass is 35.5. The second-order valence-corrected chi connectivity index (χ2v) is 13.1. The van der Waals surface area contributed by atoms with Gasteiger partial charge in [0.25, 0.3) is 0 Å². The Balaban J connectivity index is 2.21. The van der Waals surface area contributed by atoms with Gasteiger partial charge in [-0.1, -0.05) is 11.6 Å². The van der Waals surface area contributed by atoms with Gasteiger partial charge >= 0.3 is 0 Å². The van der Waals surface area contributed by atoms with E-state index in [2.05, 4.69) is 33.8 Å². The summed E-state index contributed by atoms with van der Waals surface area (Å²) >= 11 is 5.76.